The van der Waals surface area contributed by atoms with Gasteiger partial charge in [-0.3, -0.25) is 4.79 Å². The van der Waals surface area contributed by atoms with Gasteiger partial charge in [0, 0.05) is 25.2 Å². The largest absolute Gasteiger partial charge is 0.573 e. The number of halogens is 3. The maximum Gasteiger partial charge on any atom is 0.573 e. The Labute approximate surface area is 183 Å². The van der Waals surface area contributed by atoms with Gasteiger partial charge in [-0.25, -0.2) is 9.97 Å². The van der Waals surface area contributed by atoms with Crippen LogP contribution in [-0.2, 0) is 7.05 Å². The monoisotopic (exact) mass is 460 g/mol. The molecule has 0 aliphatic heterocycles. The molecule has 0 aliphatic rings. The van der Waals surface area contributed by atoms with E-state index >= 15 is 0 Å². The summed E-state index contributed by atoms with van der Waals surface area (Å²) in [5, 5.41) is 14.7. The maximum atomic E-state index is 12.4. The molecule has 0 saturated carbocycles. The van der Waals surface area contributed by atoms with Gasteiger partial charge in [-0.2, -0.15) is 5.26 Å². The fraction of sp³-hybridized carbons (Fsp3) is 0.200. The van der Waals surface area contributed by atoms with Gasteiger partial charge in [0.05, 0.1) is 33.7 Å². The highest BCUT2D eigenvalue weighted by Crippen LogP contribution is 2.33. The van der Waals surface area contributed by atoms with Crippen molar-refractivity contribution >= 4 is 49.6 Å². The van der Waals surface area contributed by atoms with Crippen molar-refractivity contribution < 1.29 is 22.7 Å². The van der Waals surface area contributed by atoms with E-state index < -0.39 is 6.36 Å². The lowest BCUT2D eigenvalue weighted by molar-refractivity contribution is -0.274. The molecule has 2 aromatic heterocycles. The molecule has 164 valence electrons. The van der Waals surface area contributed by atoms with Crippen LogP contribution in [0.3, 0.4) is 0 Å². The number of hydrogen-bond donors (Lipinski definition) is 2. The quantitative estimate of drug-likeness (QED) is 0.412. The summed E-state index contributed by atoms with van der Waals surface area (Å²) in [6.07, 6.45) is -4.55. The first-order valence-corrected chi connectivity index (χ1v) is 10.1. The molecule has 0 atom stereocenters. The standard InChI is InChI=1S/C20H15F3N6O2S/c1-29-15-6-3-11(17(30)25-8-2-7-24)9-14(15)26-18(29)28-19-27-13-5-4-12(10-16(13)32-19)31-20(21,22)23/h3-6,9-10H,2,8H2,1H3,(H,25,30)(H,26,27,28). The Hall–Kier alpha value is -3.85. The number of hydrogen-bond acceptors (Lipinski definition) is 7. The summed E-state index contributed by atoms with van der Waals surface area (Å²) in [7, 11) is 1.78. The van der Waals surface area contributed by atoms with Crippen molar-refractivity contribution in [1.29, 1.82) is 5.26 Å². The number of fused-ring (bicyclic) bond motifs is 2. The number of amides is 1. The number of carbonyl (C=O) groups is 1. The molecular weight excluding hydrogens is 445 g/mol. The van der Waals surface area contributed by atoms with E-state index in [0.717, 1.165) is 16.9 Å². The van der Waals surface area contributed by atoms with Gasteiger partial charge < -0.3 is 19.9 Å². The summed E-state index contributed by atoms with van der Waals surface area (Å²) in [6, 6.07) is 10.9. The summed E-state index contributed by atoms with van der Waals surface area (Å²) < 4.78 is 43.6. The molecule has 2 heterocycles. The van der Waals surface area contributed by atoms with Crippen molar-refractivity contribution in [1.82, 2.24) is 19.9 Å². The SMILES string of the molecule is Cn1c(Nc2nc3ccc(OC(F)(F)F)cc3s2)nc2cc(C(=O)NCCC#N)ccc21. The van der Waals surface area contributed by atoms with Gasteiger partial charge in [0.1, 0.15) is 5.75 Å². The van der Waals surface area contributed by atoms with Crippen molar-refractivity contribution in [3.63, 3.8) is 0 Å². The third kappa shape index (κ3) is 4.57. The van der Waals surface area contributed by atoms with E-state index in [0.29, 0.717) is 32.4 Å². The van der Waals surface area contributed by atoms with E-state index in [4.69, 9.17) is 5.26 Å². The topological polar surface area (TPSA) is 105 Å². The van der Waals surface area contributed by atoms with Crippen LogP contribution in [0.2, 0.25) is 0 Å². The van der Waals surface area contributed by atoms with Crippen LogP contribution in [0.4, 0.5) is 24.3 Å². The molecule has 0 fully saturated rings. The van der Waals surface area contributed by atoms with Crippen LogP contribution >= 0.6 is 11.3 Å². The molecule has 4 aromatic rings. The highest BCUT2D eigenvalue weighted by atomic mass is 32.1. The zero-order valence-corrected chi connectivity index (χ0v) is 17.3. The predicted octanol–water partition coefficient (Wildman–Crippen LogP) is 4.47. The number of carbonyl (C=O) groups excluding carboxylic acids is 1. The van der Waals surface area contributed by atoms with Crippen molar-refractivity contribution in [3.05, 3.63) is 42.0 Å². The first-order valence-electron chi connectivity index (χ1n) is 9.28. The van der Waals surface area contributed by atoms with Gasteiger partial charge >= 0.3 is 6.36 Å². The number of rotatable bonds is 6. The molecule has 8 nitrogen and oxygen atoms in total. The highest BCUT2D eigenvalue weighted by Gasteiger charge is 2.31. The average Bonchev–Trinajstić information content (AvgIpc) is 3.26. The molecule has 0 saturated heterocycles. The molecule has 12 heteroatoms. The van der Waals surface area contributed by atoms with Crippen LogP contribution in [0, 0.1) is 11.3 Å². The number of nitrogens with zero attached hydrogens (tertiary/aromatic N) is 4. The van der Waals surface area contributed by atoms with E-state index in [-0.39, 0.29) is 24.6 Å². The van der Waals surface area contributed by atoms with E-state index in [1.165, 1.54) is 18.2 Å². The predicted molar refractivity (Wildman–Crippen MR) is 113 cm³/mol. The average molecular weight is 460 g/mol. The Morgan fingerprint density at radius 3 is 2.78 bits per heavy atom. The smallest absolute Gasteiger partial charge is 0.406 e. The zero-order chi connectivity index (χ0) is 22.9. The number of ether oxygens (including phenoxy) is 1. The molecule has 0 radical (unpaired) electrons. The van der Waals surface area contributed by atoms with Gasteiger partial charge in [0.25, 0.3) is 5.91 Å². The lowest BCUT2D eigenvalue weighted by Gasteiger charge is -2.07. The first kappa shape index (κ1) is 21.4. The van der Waals surface area contributed by atoms with E-state index in [1.807, 2.05) is 6.07 Å². The van der Waals surface area contributed by atoms with Crippen LogP contribution in [0.5, 0.6) is 5.75 Å². The number of anilines is 2. The maximum absolute atomic E-state index is 12.4. The minimum atomic E-state index is -4.77. The second-order valence-corrected chi connectivity index (χ2v) is 7.71. The lowest BCUT2D eigenvalue weighted by atomic mass is 10.2. The summed E-state index contributed by atoms with van der Waals surface area (Å²) in [6.45, 7) is 0.260. The fourth-order valence-corrected chi connectivity index (χ4v) is 3.93. The summed E-state index contributed by atoms with van der Waals surface area (Å²) in [5.41, 5.74) is 2.27. The molecule has 0 bridgehead atoms. The molecule has 2 N–H and O–H groups in total. The molecule has 0 aliphatic carbocycles. The Bertz CT molecular complexity index is 1360. The number of aromatic nitrogens is 3. The summed E-state index contributed by atoms with van der Waals surface area (Å²) in [4.78, 5) is 21.1. The van der Waals surface area contributed by atoms with E-state index in [9.17, 15) is 18.0 Å². The number of imidazole rings is 1. The zero-order valence-electron chi connectivity index (χ0n) is 16.5. The first-order chi connectivity index (χ1) is 15.2. The number of benzene rings is 2. The summed E-state index contributed by atoms with van der Waals surface area (Å²) in [5.74, 6) is -0.165. The molecule has 4 rings (SSSR count). The van der Waals surface area contributed by atoms with Gasteiger partial charge in [-0.1, -0.05) is 11.3 Å². The van der Waals surface area contributed by atoms with Crippen molar-refractivity contribution in [3.8, 4) is 11.8 Å². The number of nitrogens with one attached hydrogen (secondary N) is 2. The van der Waals surface area contributed by atoms with Gasteiger partial charge in [-0.05, 0) is 30.3 Å². The van der Waals surface area contributed by atoms with Crippen LogP contribution in [0.1, 0.15) is 16.8 Å². The lowest BCUT2D eigenvalue weighted by Crippen LogP contribution is -2.24. The Morgan fingerprint density at radius 2 is 2.03 bits per heavy atom. The molecular formula is C20H15F3N6O2S. The van der Waals surface area contributed by atoms with Gasteiger partial charge in [0.15, 0.2) is 5.13 Å². The number of thiazole rings is 1. The highest BCUT2D eigenvalue weighted by molar-refractivity contribution is 7.22. The third-order valence-electron chi connectivity index (χ3n) is 4.48. The second kappa shape index (κ2) is 8.35. The van der Waals surface area contributed by atoms with Gasteiger partial charge in [-0.15, -0.1) is 13.2 Å². The van der Waals surface area contributed by atoms with E-state index in [1.54, 1.807) is 29.8 Å². The van der Waals surface area contributed by atoms with E-state index in [2.05, 4.69) is 25.3 Å². The summed E-state index contributed by atoms with van der Waals surface area (Å²) >= 11 is 1.16. The minimum Gasteiger partial charge on any atom is -0.406 e. The Morgan fingerprint density at radius 1 is 1.22 bits per heavy atom. The molecule has 32 heavy (non-hydrogen) atoms. The second-order valence-electron chi connectivity index (χ2n) is 6.68. The van der Waals surface area contributed by atoms with Crippen molar-refractivity contribution in [2.75, 3.05) is 11.9 Å². The number of aryl methyl sites for hydroxylation is 1. The third-order valence-corrected chi connectivity index (χ3v) is 5.41. The minimum absolute atomic E-state index is 0.220. The van der Waals surface area contributed by atoms with Crippen molar-refractivity contribution in [2.45, 2.75) is 12.8 Å². The van der Waals surface area contributed by atoms with Crippen LogP contribution in [0.15, 0.2) is 36.4 Å². The number of alkyl halides is 3. The van der Waals surface area contributed by atoms with Crippen LogP contribution < -0.4 is 15.4 Å². The molecule has 1 amide bonds. The Balaban J connectivity index is 1.57. The molecule has 0 spiro atoms. The van der Waals surface area contributed by atoms with Crippen molar-refractivity contribution in [2.24, 2.45) is 7.05 Å². The number of nitriles is 1. The normalized spacial score (nSPS) is 11.5. The van der Waals surface area contributed by atoms with Crippen LogP contribution in [-0.4, -0.2) is 33.3 Å². The Kier molecular flexibility index (Phi) is 5.58. The molecule has 0 unspecified atom stereocenters. The molecule has 2 aromatic carbocycles. The van der Waals surface area contributed by atoms with Gasteiger partial charge in [0.2, 0.25) is 5.95 Å². The fourth-order valence-electron chi connectivity index (χ4n) is 3.04. The van der Waals surface area contributed by atoms with Crippen LogP contribution in [0.25, 0.3) is 21.3 Å².